The van der Waals surface area contributed by atoms with Gasteiger partial charge in [-0.2, -0.15) is 0 Å². The number of H-pyrrole nitrogens is 2. The molecule has 5 nitrogen and oxygen atoms in total. The third-order valence-electron chi connectivity index (χ3n) is 1.07. The number of hydrogen-bond acceptors (Lipinski definition) is 2. The fraction of sp³-hybridized carbons (Fsp3) is 0.200. The zero-order valence-corrected chi connectivity index (χ0v) is 5.39. The third-order valence-corrected chi connectivity index (χ3v) is 1.07. The van der Waals surface area contributed by atoms with Crippen LogP contribution in [0, 0.1) is 0 Å². The summed E-state index contributed by atoms with van der Waals surface area (Å²) >= 11 is 0. The monoisotopic (exact) mass is 141 g/mol. The number of hydrogen-bond donors (Lipinski definition) is 3. The maximum absolute atomic E-state index is 10.7. The number of amides is 1. The summed E-state index contributed by atoms with van der Waals surface area (Å²) in [7, 11) is 1.49. The highest BCUT2D eigenvalue weighted by molar-refractivity contribution is 5.91. The van der Waals surface area contributed by atoms with Crippen LogP contribution in [-0.4, -0.2) is 22.9 Å². The van der Waals surface area contributed by atoms with Crippen LogP contribution in [0.15, 0.2) is 11.0 Å². The lowest BCUT2D eigenvalue weighted by molar-refractivity contribution is 0.0958. The molecule has 0 fully saturated rings. The molecule has 0 aliphatic heterocycles. The second-order valence-corrected chi connectivity index (χ2v) is 1.74. The van der Waals surface area contributed by atoms with Crippen molar-refractivity contribution in [3.8, 4) is 0 Å². The highest BCUT2D eigenvalue weighted by Crippen LogP contribution is 1.84. The van der Waals surface area contributed by atoms with Gasteiger partial charge in [0.15, 0.2) is 0 Å². The summed E-state index contributed by atoms with van der Waals surface area (Å²) in [5.41, 5.74) is -0.133. The Morgan fingerprint density at radius 2 is 2.40 bits per heavy atom. The number of nitrogens with one attached hydrogen (secondary N) is 3. The highest BCUT2D eigenvalue weighted by atomic mass is 16.2. The van der Waals surface area contributed by atoms with Gasteiger partial charge in [-0.05, 0) is 0 Å². The molecule has 0 saturated carbocycles. The van der Waals surface area contributed by atoms with Crippen molar-refractivity contribution in [1.29, 1.82) is 0 Å². The van der Waals surface area contributed by atoms with Crippen LogP contribution in [0.2, 0.25) is 0 Å². The topological polar surface area (TPSA) is 77.8 Å². The van der Waals surface area contributed by atoms with Crippen molar-refractivity contribution in [2.45, 2.75) is 0 Å². The molecule has 3 N–H and O–H groups in total. The van der Waals surface area contributed by atoms with Crippen LogP contribution < -0.4 is 11.0 Å². The first kappa shape index (κ1) is 6.60. The predicted octanol–water partition coefficient (Wildman–Crippen LogP) is -0.937. The van der Waals surface area contributed by atoms with E-state index in [9.17, 15) is 9.59 Å². The summed E-state index contributed by atoms with van der Waals surface area (Å²) in [6.07, 6.45) is 1.32. The summed E-state index contributed by atoms with van der Waals surface area (Å²) in [6, 6.07) is 0. The maximum atomic E-state index is 10.7. The Morgan fingerprint density at radius 1 is 1.70 bits per heavy atom. The molecule has 1 aromatic rings. The second kappa shape index (κ2) is 2.38. The summed E-state index contributed by atoms with van der Waals surface area (Å²) in [6.45, 7) is 0. The number of rotatable bonds is 1. The molecule has 54 valence electrons. The zero-order valence-electron chi connectivity index (χ0n) is 5.39. The minimum Gasteiger partial charge on any atom is -0.354 e. The van der Waals surface area contributed by atoms with Crippen molar-refractivity contribution >= 4 is 5.91 Å². The Kier molecular flexibility index (Phi) is 1.57. The van der Waals surface area contributed by atoms with Crippen molar-refractivity contribution < 1.29 is 4.79 Å². The maximum Gasteiger partial charge on any atom is 0.323 e. The molecule has 0 saturated heterocycles. The first-order valence-corrected chi connectivity index (χ1v) is 2.74. The molecule has 1 amide bonds. The number of carbonyl (C=O) groups is 1. The van der Waals surface area contributed by atoms with Crippen LogP contribution in [0.5, 0.6) is 0 Å². The third kappa shape index (κ3) is 1.07. The molecule has 0 aliphatic rings. The molecule has 0 aromatic carbocycles. The molecular formula is C5H7N3O2. The summed E-state index contributed by atoms with van der Waals surface area (Å²) in [5.74, 6) is -0.307. The van der Waals surface area contributed by atoms with Gasteiger partial charge < -0.3 is 15.3 Å². The predicted molar refractivity (Wildman–Crippen MR) is 34.8 cm³/mol. The van der Waals surface area contributed by atoms with E-state index in [2.05, 4.69) is 15.3 Å². The molecule has 0 bridgehead atoms. The second-order valence-electron chi connectivity index (χ2n) is 1.74. The molecular weight excluding hydrogens is 134 g/mol. The van der Waals surface area contributed by atoms with Gasteiger partial charge in [-0.15, -0.1) is 0 Å². The molecule has 1 rings (SSSR count). The number of carbonyl (C=O) groups excluding carboxylic acids is 1. The summed E-state index contributed by atoms with van der Waals surface area (Å²) < 4.78 is 0. The van der Waals surface area contributed by atoms with E-state index in [0.29, 0.717) is 0 Å². The fourth-order valence-corrected chi connectivity index (χ4v) is 0.589. The van der Waals surface area contributed by atoms with Gasteiger partial charge in [-0.3, -0.25) is 4.79 Å². The fourth-order valence-electron chi connectivity index (χ4n) is 0.589. The van der Waals surface area contributed by atoms with E-state index in [1.165, 1.54) is 13.2 Å². The van der Waals surface area contributed by atoms with Crippen molar-refractivity contribution in [1.82, 2.24) is 15.3 Å². The lowest BCUT2D eigenvalue weighted by Gasteiger charge is -1.90. The molecule has 10 heavy (non-hydrogen) atoms. The van der Waals surface area contributed by atoms with E-state index >= 15 is 0 Å². The lowest BCUT2D eigenvalue weighted by atomic mass is 10.4. The first-order valence-electron chi connectivity index (χ1n) is 2.74. The van der Waals surface area contributed by atoms with E-state index in [1.807, 2.05) is 0 Å². The average Bonchev–Trinajstić information content (AvgIpc) is 2.34. The van der Waals surface area contributed by atoms with Crippen LogP contribution in [0.1, 0.15) is 10.5 Å². The van der Waals surface area contributed by atoms with Crippen LogP contribution in [0.3, 0.4) is 0 Å². The van der Waals surface area contributed by atoms with Gasteiger partial charge >= 0.3 is 5.69 Å². The first-order chi connectivity index (χ1) is 4.74. The zero-order chi connectivity index (χ0) is 7.56. The molecule has 1 heterocycles. The Balaban J connectivity index is 2.95. The molecule has 0 radical (unpaired) electrons. The van der Waals surface area contributed by atoms with E-state index in [1.54, 1.807) is 0 Å². The number of imidazole rings is 1. The van der Waals surface area contributed by atoms with Gasteiger partial charge in [-0.25, -0.2) is 4.79 Å². The molecule has 5 heteroatoms. The normalized spacial score (nSPS) is 9.30. The van der Waals surface area contributed by atoms with Gasteiger partial charge in [0.25, 0.3) is 5.91 Å². The van der Waals surface area contributed by atoms with Gasteiger partial charge in [0.05, 0.1) is 0 Å². The van der Waals surface area contributed by atoms with Crippen LogP contribution >= 0.6 is 0 Å². The van der Waals surface area contributed by atoms with E-state index in [-0.39, 0.29) is 17.3 Å². The quantitative estimate of drug-likeness (QED) is 0.472. The van der Waals surface area contributed by atoms with Crippen LogP contribution in [-0.2, 0) is 0 Å². The van der Waals surface area contributed by atoms with Crippen LogP contribution in [0.25, 0.3) is 0 Å². The average molecular weight is 141 g/mol. The van der Waals surface area contributed by atoms with Gasteiger partial charge in [0.2, 0.25) is 0 Å². The summed E-state index contributed by atoms with van der Waals surface area (Å²) in [5, 5.41) is 2.37. The molecule has 0 aliphatic carbocycles. The smallest absolute Gasteiger partial charge is 0.323 e. The largest absolute Gasteiger partial charge is 0.354 e. The molecule has 0 atom stereocenters. The minimum absolute atomic E-state index is 0.243. The van der Waals surface area contributed by atoms with Gasteiger partial charge in [0.1, 0.15) is 5.69 Å². The van der Waals surface area contributed by atoms with E-state index < -0.39 is 0 Å². The summed E-state index contributed by atoms with van der Waals surface area (Å²) in [4.78, 5) is 25.8. The van der Waals surface area contributed by atoms with Crippen LogP contribution in [0.4, 0.5) is 0 Å². The SMILES string of the molecule is CNC(=O)c1c[nH]c(=O)[nH]1. The Labute approximate surface area is 56.5 Å². The number of aromatic nitrogens is 2. The Bertz CT molecular complexity index is 285. The Hall–Kier alpha value is -1.52. The van der Waals surface area contributed by atoms with E-state index in [4.69, 9.17) is 0 Å². The molecule has 0 unspecified atom stereocenters. The van der Waals surface area contributed by atoms with E-state index in [0.717, 1.165) is 0 Å². The highest BCUT2D eigenvalue weighted by Gasteiger charge is 2.02. The Morgan fingerprint density at radius 3 is 2.80 bits per heavy atom. The molecule has 0 spiro atoms. The standard InChI is InChI=1S/C5H7N3O2/c1-6-4(9)3-2-7-5(10)8-3/h2H,1H3,(H,6,9)(H2,7,8,10). The molecule has 1 aromatic heterocycles. The van der Waals surface area contributed by atoms with Crippen molar-refractivity contribution in [2.24, 2.45) is 0 Å². The van der Waals surface area contributed by atoms with Gasteiger partial charge in [-0.1, -0.05) is 0 Å². The minimum atomic E-state index is -0.376. The number of aromatic amines is 2. The van der Waals surface area contributed by atoms with Crippen molar-refractivity contribution in [2.75, 3.05) is 7.05 Å². The lowest BCUT2D eigenvalue weighted by Crippen LogP contribution is -2.19. The van der Waals surface area contributed by atoms with Crippen molar-refractivity contribution in [3.05, 3.63) is 22.4 Å². The van der Waals surface area contributed by atoms with Gasteiger partial charge in [0, 0.05) is 13.2 Å². The van der Waals surface area contributed by atoms with Crippen molar-refractivity contribution in [3.63, 3.8) is 0 Å².